The summed E-state index contributed by atoms with van der Waals surface area (Å²) in [7, 11) is 0. The maximum atomic E-state index is 13.2. The number of ether oxygens (including phenoxy) is 6. The molecule has 1 aliphatic carbocycles. The quantitative estimate of drug-likeness (QED) is 0.0419. The molecule has 2 aliphatic heterocycles. The second-order valence-corrected chi connectivity index (χ2v) is 13.1. The standard InChI is InChI=1S/C33H44N2O17S/c1-7-13(3)30(43)49-15(5)33(46)14(4)48-21(9-20(33)38)51-26-24(39)28(32(45)10-18(37)23(34)22(27(32)40)29(41)42)50-19(11-47-16(6)36)25(26)52-31(44)17(8-2)35-12-53/h8,13-15,19-21,24-26,28,34,38-40,45-46H,7,9-11H2,1-6H3,(H,41,42). The van der Waals surface area contributed by atoms with Crippen LogP contribution >= 0.6 is 12.2 Å². The van der Waals surface area contributed by atoms with E-state index in [4.69, 9.17) is 33.8 Å². The van der Waals surface area contributed by atoms with Gasteiger partial charge in [0, 0.05) is 13.3 Å². The summed E-state index contributed by atoms with van der Waals surface area (Å²) in [6.07, 6.45) is -16.0. The molecule has 2 heterocycles. The zero-order valence-electron chi connectivity index (χ0n) is 29.7. The van der Waals surface area contributed by atoms with Gasteiger partial charge in [0.2, 0.25) is 0 Å². The molecule has 19 nitrogen and oxygen atoms in total. The lowest BCUT2D eigenvalue weighted by molar-refractivity contribution is -0.343. The number of carbonyl (C=O) groups excluding carboxylic acids is 4. The van der Waals surface area contributed by atoms with Crippen molar-refractivity contribution in [3.63, 3.8) is 0 Å². The molecule has 0 aromatic carbocycles. The minimum Gasteiger partial charge on any atom is -0.508 e. The number of hydrogen-bond acceptors (Lipinski definition) is 19. The molecule has 7 N–H and O–H groups in total. The van der Waals surface area contributed by atoms with Crippen molar-refractivity contribution in [2.24, 2.45) is 10.9 Å². The maximum absolute atomic E-state index is 13.2. The molecule has 0 bridgehead atoms. The summed E-state index contributed by atoms with van der Waals surface area (Å²) in [4.78, 5) is 65.9. The van der Waals surface area contributed by atoms with E-state index in [1.807, 2.05) is 5.16 Å². The van der Waals surface area contributed by atoms with Crippen LogP contribution in [-0.4, -0.2) is 144 Å². The predicted molar refractivity (Wildman–Crippen MR) is 179 cm³/mol. The first-order chi connectivity index (χ1) is 24.7. The number of nitrogens with one attached hydrogen (secondary N) is 1. The van der Waals surface area contributed by atoms with E-state index in [1.165, 1.54) is 26.8 Å². The predicted octanol–water partition coefficient (Wildman–Crippen LogP) is -0.194. The number of esters is 3. The van der Waals surface area contributed by atoms with Crippen LogP contribution in [0.5, 0.6) is 0 Å². The van der Waals surface area contributed by atoms with Gasteiger partial charge in [-0.05, 0) is 39.4 Å². The fraction of sp³-hybridized carbons (Fsp3) is 0.667. The summed E-state index contributed by atoms with van der Waals surface area (Å²) in [5, 5.41) is 76.8. The van der Waals surface area contributed by atoms with Crippen molar-refractivity contribution in [1.82, 2.24) is 0 Å². The van der Waals surface area contributed by atoms with Crippen LogP contribution in [0.25, 0.3) is 0 Å². The first-order valence-electron chi connectivity index (χ1n) is 16.5. The van der Waals surface area contributed by atoms with E-state index >= 15 is 0 Å². The van der Waals surface area contributed by atoms with E-state index in [0.29, 0.717) is 6.42 Å². The van der Waals surface area contributed by atoms with Gasteiger partial charge in [-0.1, -0.05) is 19.9 Å². The average molecular weight is 773 g/mol. The van der Waals surface area contributed by atoms with Gasteiger partial charge >= 0.3 is 23.9 Å². The molecule has 294 valence electrons. The van der Waals surface area contributed by atoms with E-state index in [0.717, 1.165) is 6.92 Å². The number of rotatable bonds is 13. The van der Waals surface area contributed by atoms with Crippen molar-refractivity contribution in [3.8, 4) is 0 Å². The number of carboxylic acids is 1. The van der Waals surface area contributed by atoms with Crippen LogP contribution in [0.1, 0.15) is 60.8 Å². The number of aliphatic hydroxyl groups excluding tert-OH is 3. The van der Waals surface area contributed by atoms with Crippen LogP contribution in [0, 0.1) is 11.3 Å². The van der Waals surface area contributed by atoms with Crippen molar-refractivity contribution in [1.29, 1.82) is 5.41 Å². The Balaban J connectivity index is 2.11. The lowest BCUT2D eigenvalue weighted by Crippen LogP contribution is -2.70. The Morgan fingerprint density at radius 2 is 1.81 bits per heavy atom. The zero-order valence-corrected chi connectivity index (χ0v) is 30.5. The molecule has 20 heteroatoms. The Bertz CT molecular complexity index is 1580. The van der Waals surface area contributed by atoms with Crippen LogP contribution < -0.4 is 0 Å². The zero-order chi connectivity index (χ0) is 40.2. The van der Waals surface area contributed by atoms with Crippen LogP contribution in [0.15, 0.2) is 28.1 Å². The normalized spacial score (nSPS) is 34.7. The maximum Gasteiger partial charge on any atom is 0.357 e. The highest BCUT2D eigenvalue weighted by molar-refractivity contribution is 7.78. The Morgan fingerprint density at radius 1 is 1.17 bits per heavy atom. The smallest absolute Gasteiger partial charge is 0.357 e. The van der Waals surface area contributed by atoms with Crippen LogP contribution in [0.2, 0.25) is 0 Å². The Labute approximate surface area is 308 Å². The van der Waals surface area contributed by atoms with E-state index in [1.54, 1.807) is 13.8 Å². The van der Waals surface area contributed by atoms with E-state index < -0.39 is 138 Å². The summed E-state index contributed by atoms with van der Waals surface area (Å²) in [5.41, 5.74) is -8.05. The number of nitrogens with zero attached hydrogens (tertiary/aromatic N) is 1. The first kappa shape index (κ1) is 43.4. The lowest BCUT2D eigenvalue weighted by Gasteiger charge is -2.51. The van der Waals surface area contributed by atoms with Crippen molar-refractivity contribution >= 4 is 52.8 Å². The van der Waals surface area contributed by atoms with Gasteiger partial charge in [0.15, 0.2) is 35.1 Å². The molecule has 12 unspecified atom stereocenters. The number of aliphatic imine (C=N–C) groups is 1. The van der Waals surface area contributed by atoms with Crippen LogP contribution in [0.3, 0.4) is 0 Å². The average Bonchev–Trinajstić information content (AvgIpc) is 3.08. The monoisotopic (exact) mass is 772 g/mol. The van der Waals surface area contributed by atoms with Gasteiger partial charge in [0.25, 0.3) is 0 Å². The molecule has 0 amide bonds. The minimum absolute atomic E-state index is 0.382. The van der Waals surface area contributed by atoms with Crippen molar-refractivity contribution in [2.45, 2.75) is 127 Å². The molecule has 0 spiro atoms. The number of ketones is 1. The van der Waals surface area contributed by atoms with E-state index in [9.17, 15) is 54.6 Å². The van der Waals surface area contributed by atoms with Gasteiger partial charge in [-0.2, -0.15) is 4.99 Å². The SMILES string of the molecule is CC=C(N=C=S)C(=O)OC1C(COC(C)=O)OC(C2(O)CC(=O)C(=N)C(C(=O)O)=C2O)C(O)C1OC1CC(O)C(O)(C(C)OC(=O)C(C)CC)C(C)O1. The number of thiocarbonyl (C=S) groups is 1. The molecular weight excluding hydrogens is 728 g/mol. The molecular formula is C33H44N2O17S. The molecule has 0 aromatic heterocycles. The number of Topliss-reactive ketones (excluding diaryl/α,β-unsaturated/α-hetero) is 1. The second-order valence-electron chi connectivity index (χ2n) is 12.9. The number of isothiocyanates is 1. The summed E-state index contributed by atoms with van der Waals surface area (Å²) in [6.45, 7) is 7.70. The molecule has 2 fully saturated rings. The largest absolute Gasteiger partial charge is 0.508 e. The molecule has 0 saturated carbocycles. The van der Waals surface area contributed by atoms with Crippen LogP contribution in [0.4, 0.5) is 0 Å². The Hall–Kier alpha value is -3.98. The summed E-state index contributed by atoms with van der Waals surface area (Å²) >= 11 is 4.58. The molecule has 3 rings (SSSR count). The summed E-state index contributed by atoms with van der Waals surface area (Å²) in [6, 6.07) is 0. The van der Waals surface area contributed by atoms with Gasteiger partial charge in [0.05, 0.1) is 29.7 Å². The highest BCUT2D eigenvalue weighted by atomic mass is 32.1. The van der Waals surface area contributed by atoms with Crippen molar-refractivity contribution in [2.75, 3.05) is 6.61 Å². The number of carboxylic acid groups (broad SMARTS) is 1. The van der Waals surface area contributed by atoms with Crippen molar-refractivity contribution < 1.29 is 83.0 Å². The van der Waals surface area contributed by atoms with E-state index in [2.05, 4.69) is 17.2 Å². The second kappa shape index (κ2) is 17.4. The molecule has 0 radical (unpaired) electrons. The highest BCUT2D eigenvalue weighted by Crippen LogP contribution is 2.42. The number of carbonyl (C=O) groups is 5. The van der Waals surface area contributed by atoms with E-state index in [-0.39, 0.29) is 5.70 Å². The lowest BCUT2D eigenvalue weighted by atomic mass is 9.74. The highest BCUT2D eigenvalue weighted by Gasteiger charge is 2.61. The first-order valence-corrected chi connectivity index (χ1v) is 16.9. The fourth-order valence-electron chi connectivity index (χ4n) is 6.20. The molecule has 3 aliphatic rings. The topological polar surface area (TPSA) is 298 Å². The number of allylic oxidation sites excluding steroid dienone is 1. The summed E-state index contributed by atoms with van der Waals surface area (Å²) < 4.78 is 33.9. The number of hydrogen-bond donors (Lipinski definition) is 7. The van der Waals surface area contributed by atoms with Gasteiger partial charge in [0.1, 0.15) is 54.2 Å². The Kier molecular flexibility index (Phi) is 14.3. The van der Waals surface area contributed by atoms with Gasteiger partial charge in [-0.3, -0.25) is 19.8 Å². The minimum atomic E-state index is -3.05. The molecule has 2 saturated heterocycles. The summed E-state index contributed by atoms with van der Waals surface area (Å²) in [5.74, 6) is -7.86. The van der Waals surface area contributed by atoms with Crippen LogP contribution in [-0.2, 0) is 52.4 Å². The fourth-order valence-corrected chi connectivity index (χ4v) is 6.30. The van der Waals surface area contributed by atoms with Gasteiger partial charge in [-0.25, -0.2) is 9.59 Å². The van der Waals surface area contributed by atoms with Gasteiger partial charge in [-0.15, -0.1) is 0 Å². The molecule has 0 aromatic rings. The Morgan fingerprint density at radius 3 is 2.34 bits per heavy atom. The third-order valence-electron chi connectivity index (χ3n) is 9.52. The number of aliphatic hydroxyl groups is 5. The third-order valence-corrected chi connectivity index (χ3v) is 9.61. The van der Waals surface area contributed by atoms with Gasteiger partial charge < -0.3 is 59.1 Å². The molecule has 53 heavy (non-hydrogen) atoms. The number of aliphatic carboxylic acids is 1. The van der Waals surface area contributed by atoms with Crippen molar-refractivity contribution in [3.05, 3.63) is 23.1 Å². The third kappa shape index (κ3) is 8.88. The molecule has 12 atom stereocenters.